The molecule has 1 aromatic carbocycles. The number of nitrogens with one attached hydrogen (secondary N) is 1. The van der Waals surface area contributed by atoms with Gasteiger partial charge in [0.05, 0.1) is 6.20 Å². The summed E-state index contributed by atoms with van der Waals surface area (Å²) in [6, 6.07) is 10.6. The average Bonchev–Trinajstić information content (AvgIpc) is 2.61. The molecule has 5 nitrogen and oxygen atoms in total. The van der Waals surface area contributed by atoms with Gasteiger partial charge < -0.3 is 15.8 Å². The number of amides is 1. The van der Waals surface area contributed by atoms with Gasteiger partial charge in [0.2, 0.25) is 0 Å². The van der Waals surface area contributed by atoms with Crippen LogP contribution in [0.4, 0.5) is 0 Å². The van der Waals surface area contributed by atoms with Gasteiger partial charge in [-0.05, 0) is 49.2 Å². The van der Waals surface area contributed by atoms with E-state index in [0.717, 1.165) is 12.8 Å². The molecule has 138 valence electrons. The van der Waals surface area contributed by atoms with Gasteiger partial charge in [0.15, 0.2) is 0 Å². The highest BCUT2D eigenvalue weighted by Gasteiger charge is 2.21. The van der Waals surface area contributed by atoms with Gasteiger partial charge in [-0.25, -0.2) is 0 Å². The molecule has 1 amide bonds. The van der Waals surface area contributed by atoms with Gasteiger partial charge >= 0.3 is 0 Å². The highest BCUT2D eigenvalue weighted by molar-refractivity contribution is 5.94. The Morgan fingerprint density at radius 1 is 1.12 bits per heavy atom. The minimum Gasteiger partial charge on any atom is -0.456 e. The summed E-state index contributed by atoms with van der Waals surface area (Å²) < 4.78 is 5.65. The predicted octanol–water partition coefficient (Wildman–Crippen LogP) is 3.96. The van der Waals surface area contributed by atoms with Crippen molar-refractivity contribution in [3.63, 3.8) is 0 Å². The lowest BCUT2D eigenvalue weighted by Crippen LogP contribution is -2.49. The van der Waals surface area contributed by atoms with Crippen LogP contribution in [0.3, 0.4) is 0 Å². The van der Waals surface area contributed by atoms with Gasteiger partial charge in [-0.3, -0.25) is 9.78 Å². The maximum Gasteiger partial charge on any atom is 0.251 e. The smallest absolute Gasteiger partial charge is 0.251 e. The minimum atomic E-state index is -0.348. The number of ether oxygens (including phenoxy) is 1. The fraction of sp³-hybridized carbons (Fsp3) is 0.333. The molecule has 0 fully saturated rings. The molecule has 0 aliphatic carbocycles. The molecule has 0 radical (unpaired) electrons. The van der Waals surface area contributed by atoms with Crippen LogP contribution >= 0.6 is 24.8 Å². The van der Waals surface area contributed by atoms with E-state index in [1.165, 1.54) is 0 Å². The van der Waals surface area contributed by atoms with Crippen molar-refractivity contribution in [3.05, 3.63) is 54.4 Å². The zero-order chi connectivity index (χ0) is 16.7. The normalized spacial score (nSPS) is 10.2. The standard InChI is InChI=1S/C18H23N3O2.2ClH/c1-3-18(19,4-2)13-21-17(22)14-7-9-15(10-8-14)23-16-6-5-11-20-12-16;;/h5-12H,3-4,13,19H2,1-2H3,(H,21,22);2*1H. The molecule has 2 rings (SSSR count). The fourth-order valence-corrected chi connectivity index (χ4v) is 2.08. The molecule has 3 N–H and O–H groups in total. The molecule has 0 saturated heterocycles. The van der Waals surface area contributed by atoms with E-state index in [1.807, 2.05) is 19.9 Å². The fourth-order valence-electron chi connectivity index (χ4n) is 2.08. The van der Waals surface area contributed by atoms with Crippen molar-refractivity contribution in [3.8, 4) is 11.5 Å². The Bertz CT molecular complexity index is 633. The Morgan fingerprint density at radius 2 is 1.76 bits per heavy atom. The van der Waals surface area contributed by atoms with Crippen molar-refractivity contribution in [2.45, 2.75) is 32.2 Å². The monoisotopic (exact) mass is 385 g/mol. The third kappa shape index (κ3) is 6.90. The molecule has 1 aromatic heterocycles. The number of carbonyl (C=O) groups excluding carboxylic acids is 1. The largest absolute Gasteiger partial charge is 0.456 e. The summed E-state index contributed by atoms with van der Waals surface area (Å²) >= 11 is 0. The molecule has 0 aliphatic heterocycles. The second-order valence-corrected chi connectivity index (χ2v) is 5.57. The Labute approximate surface area is 161 Å². The van der Waals surface area contributed by atoms with Crippen molar-refractivity contribution in [1.82, 2.24) is 10.3 Å². The lowest BCUT2D eigenvalue weighted by atomic mass is 9.94. The highest BCUT2D eigenvalue weighted by Crippen LogP contribution is 2.20. The lowest BCUT2D eigenvalue weighted by molar-refractivity contribution is 0.0942. The molecule has 0 saturated carbocycles. The Kier molecular flexibility index (Phi) is 10.1. The van der Waals surface area contributed by atoms with Crippen LogP contribution in [-0.2, 0) is 0 Å². The molecular weight excluding hydrogens is 361 g/mol. The lowest BCUT2D eigenvalue weighted by Gasteiger charge is -2.26. The number of aromatic nitrogens is 1. The van der Waals surface area contributed by atoms with Crippen LogP contribution in [0.1, 0.15) is 37.0 Å². The van der Waals surface area contributed by atoms with Crippen LogP contribution in [0.5, 0.6) is 11.5 Å². The molecule has 0 atom stereocenters. The first-order chi connectivity index (χ1) is 11.1. The van der Waals surface area contributed by atoms with E-state index in [0.29, 0.717) is 23.6 Å². The third-order valence-corrected chi connectivity index (χ3v) is 4.00. The maximum atomic E-state index is 12.2. The topological polar surface area (TPSA) is 77.2 Å². The van der Waals surface area contributed by atoms with Crippen LogP contribution < -0.4 is 15.8 Å². The number of hydrogen-bond donors (Lipinski definition) is 2. The first kappa shape index (κ1) is 23.2. The Hall–Kier alpha value is -1.82. The number of nitrogens with zero attached hydrogens (tertiary/aromatic N) is 1. The highest BCUT2D eigenvalue weighted by atomic mass is 35.5. The number of nitrogens with two attached hydrogens (primary N) is 1. The van der Waals surface area contributed by atoms with Gasteiger partial charge in [-0.1, -0.05) is 13.8 Å². The first-order valence-electron chi connectivity index (χ1n) is 7.81. The van der Waals surface area contributed by atoms with Crippen molar-refractivity contribution < 1.29 is 9.53 Å². The summed E-state index contributed by atoms with van der Waals surface area (Å²) in [7, 11) is 0. The molecular formula is C18H25Cl2N3O2. The SMILES string of the molecule is CCC(N)(CC)CNC(=O)c1ccc(Oc2cccnc2)cc1.Cl.Cl. The van der Waals surface area contributed by atoms with Crippen molar-refractivity contribution in [2.75, 3.05) is 6.54 Å². The molecule has 7 heteroatoms. The Morgan fingerprint density at radius 3 is 2.28 bits per heavy atom. The Balaban J connectivity index is 0.00000288. The summed E-state index contributed by atoms with van der Waals surface area (Å²) in [6.45, 7) is 4.52. The van der Waals surface area contributed by atoms with Crippen molar-refractivity contribution in [2.24, 2.45) is 5.73 Å². The predicted molar refractivity (Wildman–Crippen MR) is 105 cm³/mol. The zero-order valence-electron chi connectivity index (χ0n) is 14.4. The maximum absolute atomic E-state index is 12.2. The van der Waals surface area contributed by atoms with E-state index >= 15 is 0 Å². The molecule has 2 aromatic rings. The molecule has 0 aliphatic rings. The molecule has 25 heavy (non-hydrogen) atoms. The molecule has 0 spiro atoms. The summed E-state index contributed by atoms with van der Waals surface area (Å²) in [4.78, 5) is 16.2. The van der Waals surface area contributed by atoms with Crippen LogP contribution in [0.25, 0.3) is 0 Å². The van der Waals surface area contributed by atoms with Crippen molar-refractivity contribution >= 4 is 30.7 Å². The second kappa shape index (κ2) is 10.9. The quantitative estimate of drug-likeness (QED) is 0.755. The van der Waals surface area contributed by atoms with Crippen molar-refractivity contribution in [1.29, 1.82) is 0 Å². The van der Waals surface area contributed by atoms with Gasteiger partial charge in [0, 0.05) is 23.8 Å². The summed E-state index contributed by atoms with van der Waals surface area (Å²) in [6.07, 6.45) is 4.96. The first-order valence-corrected chi connectivity index (χ1v) is 7.81. The van der Waals surface area contributed by atoms with E-state index in [4.69, 9.17) is 10.5 Å². The number of halogens is 2. The number of hydrogen-bond acceptors (Lipinski definition) is 4. The molecule has 0 bridgehead atoms. The minimum absolute atomic E-state index is 0. The van der Waals surface area contributed by atoms with Crippen LogP contribution in [-0.4, -0.2) is 23.0 Å². The summed E-state index contributed by atoms with van der Waals surface area (Å²) in [5, 5.41) is 2.90. The number of benzene rings is 1. The second-order valence-electron chi connectivity index (χ2n) is 5.57. The van der Waals surface area contributed by atoms with Crippen LogP contribution in [0, 0.1) is 0 Å². The molecule has 1 heterocycles. The number of rotatable bonds is 7. The van der Waals surface area contributed by atoms with Gasteiger partial charge in [0.1, 0.15) is 11.5 Å². The molecule has 0 unspecified atom stereocenters. The van der Waals surface area contributed by atoms with E-state index in [9.17, 15) is 4.79 Å². The average molecular weight is 386 g/mol. The number of carbonyl (C=O) groups is 1. The van der Waals surface area contributed by atoms with Gasteiger partial charge in [0.25, 0.3) is 5.91 Å². The zero-order valence-corrected chi connectivity index (χ0v) is 16.0. The van der Waals surface area contributed by atoms with Crippen LogP contribution in [0.2, 0.25) is 0 Å². The van der Waals surface area contributed by atoms with Gasteiger partial charge in [-0.15, -0.1) is 24.8 Å². The van der Waals surface area contributed by atoms with E-state index in [1.54, 1.807) is 42.7 Å². The van der Waals surface area contributed by atoms with E-state index in [-0.39, 0.29) is 36.3 Å². The summed E-state index contributed by atoms with van der Waals surface area (Å²) in [5.74, 6) is 1.18. The van der Waals surface area contributed by atoms with Crippen LogP contribution in [0.15, 0.2) is 48.8 Å². The third-order valence-electron chi connectivity index (χ3n) is 4.00. The van der Waals surface area contributed by atoms with E-state index in [2.05, 4.69) is 10.3 Å². The summed E-state index contributed by atoms with van der Waals surface area (Å²) in [5.41, 5.74) is 6.43. The number of pyridine rings is 1. The van der Waals surface area contributed by atoms with E-state index < -0.39 is 0 Å². The van der Waals surface area contributed by atoms with Gasteiger partial charge in [-0.2, -0.15) is 0 Å².